The minimum atomic E-state index is 0. The number of rotatable bonds is 9. The van der Waals surface area contributed by atoms with E-state index >= 15 is 15.3 Å². The average molecular weight is 1120 g/mol. The summed E-state index contributed by atoms with van der Waals surface area (Å²) in [6.07, 6.45) is 24.7. The molecule has 0 spiro atoms. The van der Waals surface area contributed by atoms with Crippen molar-refractivity contribution in [3.8, 4) is 17.2 Å². The van der Waals surface area contributed by atoms with Gasteiger partial charge in [-0.3, -0.25) is 0 Å². The van der Waals surface area contributed by atoms with E-state index in [1.165, 1.54) is 166 Å². The predicted molar refractivity (Wildman–Crippen MR) is 260 cm³/mol. The third kappa shape index (κ3) is 7.33. The van der Waals surface area contributed by atoms with Gasteiger partial charge in [0, 0.05) is 0 Å². The standard InChI is InChI=1S/C63H78O3.U/c1-34-7-49(58(64)55(10-34)61-25-40-13-41(26-61)15-42(14-40)27-61)22-52-37(4)53(23-50-8-35(2)11-56(59(50)65)62-28-43-16-44(29-62)18-45(17-43)30-62)39(6)54(38(52)5)24-51-9-36(3)12-57(60(51)66)63-31-46-19-47(32-63)21-48(20-46)33-63;/h7-12,40-48,64-66H,13-33H2,1-6H3;/q;+3/p-3. The zero-order chi connectivity index (χ0) is 45.2. The van der Waals surface area contributed by atoms with E-state index in [0.717, 1.165) is 86.6 Å². The maximum absolute atomic E-state index is 15.2. The van der Waals surface area contributed by atoms with Crippen LogP contribution in [0.5, 0.6) is 17.2 Å². The van der Waals surface area contributed by atoms with Crippen molar-refractivity contribution in [3.63, 3.8) is 0 Å². The molecule has 0 aromatic heterocycles. The van der Waals surface area contributed by atoms with Crippen molar-refractivity contribution in [1.82, 2.24) is 0 Å². The van der Waals surface area contributed by atoms with Crippen LogP contribution in [-0.4, -0.2) is 0 Å². The number of hydrogen-bond acceptors (Lipinski definition) is 3. The van der Waals surface area contributed by atoms with Gasteiger partial charge in [-0.05, 0) is 296 Å². The second-order valence-corrected chi connectivity index (χ2v) is 26.3. The van der Waals surface area contributed by atoms with Gasteiger partial charge in [-0.15, -0.1) is 17.2 Å². The minimum Gasteiger partial charge on any atom is -0.872 e. The van der Waals surface area contributed by atoms with Gasteiger partial charge < -0.3 is 15.3 Å². The van der Waals surface area contributed by atoms with E-state index in [4.69, 9.17) is 0 Å². The van der Waals surface area contributed by atoms with Gasteiger partial charge in [0.15, 0.2) is 0 Å². The maximum Gasteiger partial charge on any atom is 3.00 e. The topological polar surface area (TPSA) is 69.2 Å². The summed E-state index contributed by atoms with van der Waals surface area (Å²) >= 11 is 0. The smallest absolute Gasteiger partial charge is 0.872 e. The van der Waals surface area contributed by atoms with Crippen LogP contribution in [0.2, 0.25) is 0 Å². The summed E-state index contributed by atoms with van der Waals surface area (Å²) < 4.78 is 0. The van der Waals surface area contributed by atoms with E-state index in [1.54, 1.807) is 0 Å². The Morgan fingerprint density at radius 2 is 0.537 bits per heavy atom. The largest absolute Gasteiger partial charge is 3.00 e. The monoisotopic (exact) mass is 1120 g/mol. The molecule has 0 N–H and O–H groups in total. The van der Waals surface area contributed by atoms with Gasteiger partial charge in [0.1, 0.15) is 0 Å². The Morgan fingerprint density at radius 3 is 0.731 bits per heavy atom. The van der Waals surface area contributed by atoms with Crippen LogP contribution >= 0.6 is 0 Å². The molecule has 1 radical (unpaired) electrons. The van der Waals surface area contributed by atoms with Gasteiger partial charge in [0.05, 0.1) is 0 Å². The van der Waals surface area contributed by atoms with Gasteiger partial charge in [0.2, 0.25) is 0 Å². The van der Waals surface area contributed by atoms with Crippen molar-refractivity contribution in [3.05, 3.63) is 120 Å². The van der Waals surface area contributed by atoms with Crippen molar-refractivity contribution in [2.75, 3.05) is 0 Å². The molecule has 12 fully saturated rings. The van der Waals surface area contributed by atoms with Crippen LogP contribution in [0.1, 0.15) is 199 Å². The second-order valence-electron chi connectivity index (χ2n) is 26.3. The maximum atomic E-state index is 15.2. The van der Waals surface area contributed by atoms with Crippen LogP contribution in [0.3, 0.4) is 0 Å². The van der Waals surface area contributed by atoms with E-state index in [1.807, 2.05) is 0 Å². The Labute approximate surface area is 426 Å². The van der Waals surface area contributed by atoms with Gasteiger partial charge in [-0.1, -0.05) is 69.8 Å². The first-order chi connectivity index (χ1) is 31.6. The first kappa shape index (κ1) is 45.5. The predicted octanol–water partition coefficient (Wildman–Crippen LogP) is 12.9. The SMILES string of the molecule is Cc1cc(Cc2c(C)c(Cc3cc(C)cc(C45CC6CC(CC(C6)C4)C5)c3[O-])c(C)c(Cc3cc(C)cc(C45CC6CC(CC(C6)C4)C5)c3[O-])c2C)c([O-])c(C23CC4CC(CC(C4)C2)C3)c1.[U+3]. The van der Waals surface area contributed by atoms with Crippen LogP contribution in [-0.2, 0) is 35.5 Å². The van der Waals surface area contributed by atoms with Gasteiger partial charge in [-0.2, -0.15) is 0 Å². The normalized spacial score (nSPS) is 36.0. The molecule has 3 nitrogen and oxygen atoms in total. The molecule has 4 heteroatoms. The Balaban J connectivity index is 0.00000468. The first-order valence-electron chi connectivity index (χ1n) is 27.2. The summed E-state index contributed by atoms with van der Waals surface area (Å²) in [5.41, 5.74) is 17.2. The molecule has 67 heavy (non-hydrogen) atoms. The first-order valence-corrected chi connectivity index (χ1v) is 27.2. The average Bonchev–Trinajstić information content (AvgIpc) is 3.24. The van der Waals surface area contributed by atoms with Crippen molar-refractivity contribution in [2.24, 2.45) is 53.3 Å². The van der Waals surface area contributed by atoms with Crippen molar-refractivity contribution in [1.29, 1.82) is 0 Å². The van der Waals surface area contributed by atoms with Crippen molar-refractivity contribution >= 4 is 0 Å². The minimum absolute atomic E-state index is 0. The molecule has 0 aliphatic heterocycles. The molecule has 12 bridgehead atoms. The quantitative estimate of drug-likeness (QED) is 0.168. The van der Waals surface area contributed by atoms with E-state index in [9.17, 15) is 0 Å². The van der Waals surface area contributed by atoms with E-state index in [-0.39, 0.29) is 64.6 Å². The third-order valence-corrected chi connectivity index (χ3v) is 21.6. The Hall–Kier alpha value is -2.67. The van der Waals surface area contributed by atoms with Gasteiger partial charge in [-0.25, -0.2) is 0 Å². The molecular formula is C63H75O3U. The molecule has 0 heterocycles. The third-order valence-electron chi connectivity index (χ3n) is 21.6. The summed E-state index contributed by atoms with van der Waals surface area (Å²) in [5, 5.41) is 45.5. The molecule has 16 rings (SSSR count). The van der Waals surface area contributed by atoms with Crippen LogP contribution in [0.4, 0.5) is 0 Å². The van der Waals surface area contributed by atoms with Crippen LogP contribution in [0, 0.1) is 126 Å². The van der Waals surface area contributed by atoms with Crippen LogP contribution in [0.15, 0.2) is 36.4 Å². The molecule has 12 aliphatic rings. The second kappa shape index (κ2) is 16.2. The van der Waals surface area contributed by atoms with Gasteiger partial charge in [0.25, 0.3) is 0 Å². The summed E-state index contributed by atoms with van der Waals surface area (Å²) in [7, 11) is 0. The molecule has 0 amide bonds. The summed E-state index contributed by atoms with van der Waals surface area (Å²) in [6, 6.07) is 13.5. The molecule has 0 unspecified atom stereocenters. The van der Waals surface area contributed by atoms with Gasteiger partial charge >= 0.3 is 31.1 Å². The van der Waals surface area contributed by atoms with E-state index < -0.39 is 0 Å². The van der Waals surface area contributed by atoms with Crippen LogP contribution < -0.4 is 15.3 Å². The van der Waals surface area contributed by atoms with Crippen molar-refractivity contribution < 1.29 is 46.4 Å². The number of aryl methyl sites for hydroxylation is 3. The molecule has 4 aromatic carbocycles. The number of benzene rings is 4. The molecule has 12 aliphatic carbocycles. The summed E-state index contributed by atoms with van der Waals surface area (Å²) in [5.74, 6) is 7.84. The fourth-order valence-corrected chi connectivity index (χ4v) is 20.2. The van der Waals surface area contributed by atoms with E-state index in [0.29, 0.717) is 19.3 Å². The zero-order valence-corrected chi connectivity index (χ0v) is 45.9. The molecule has 12 saturated carbocycles. The molecule has 0 atom stereocenters. The van der Waals surface area contributed by atoms with Crippen molar-refractivity contribution in [2.45, 2.75) is 193 Å². The molecule has 4 aromatic rings. The fraction of sp³-hybridized carbons (Fsp3) is 0.619. The Kier molecular flexibility index (Phi) is 11.0. The fourth-order valence-electron chi connectivity index (χ4n) is 20.2. The van der Waals surface area contributed by atoms with E-state index in [2.05, 4.69) is 77.9 Å². The molecule has 0 saturated heterocycles. The molecular weight excluding hydrogens is 1040 g/mol. The Morgan fingerprint density at radius 1 is 0.343 bits per heavy atom. The van der Waals surface area contributed by atoms with Crippen LogP contribution in [0.25, 0.3) is 0 Å². The summed E-state index contributed by atoms with van der Waals surface area (Å²) in [4.78, 5) is 0. The number of hydrogen-bond donors (Lipinski definition) is 0. The summed E-state index contributed by atoms with van der Waals surface area (Å²) in [6.45, 7) is 13.5. The zero-order valence-electron chi connectivity index (χ0n) is 41.7. The molecule has 349 valence electrons. The Bertz CT molecular complexity index is 2270.